The number of hydrogen-bond donors (Lipinski definition) is 1. The molecule has 2 aromatic heterocycles. The monoisotopic (exact) mass is 352 g/mol. The van der Waals surface area contributed by atoms with Crippen LogP contribution < -0.4 is 10.1 Å². The van der Waals surface area contributed by atoms with Crippen LogP contribution in [0.2, 0.25) is 0 Å². The second-order valence-corrected chi connectivity index (χ2v) is 7.40. The molecule has 3 aromatic rings. The van der Waals surface area contributed by atoms with E-state index in [9.17, 15) is 4.79 Å². The van der Waals surface area contributed by atoms with Gasteiger partial charge in [0.25, 0.3) is 5.91 Å². The maximum Gasteiger partial charge on any atom is 0.287 e. The van der Waals surface area contributed by atoms with Gasteiger partial charge in [-0.05, 0) is 42.5 Å². The largest absolute Gasteiger partial charge is 0.497 e. The van der Waals surface area contributed by atoms with Crippen LogP contribution in [0.15, 0.2) is 34.7 Å². The van der Waals surface area contributed by atoms with E-state index >= 15 is 0 Å². The molecule has 26 heavy (non-hydrogen) atoms. The molecule has 1 saturated carbocycles. The van der Waals surface area contributed by atoms with Crippen molar-refractivity contribution in [2.75, 3.05) is 7.11 Å². The average Bonchev–Trinajstić information content (AvgIpc) is 3.06. The highest BCUT2D eigenvalue weighted by Gasteiger charge is 2.29. The molecule has 2 heterocycles. The number of methoxy groups -OCH3 is 1. The Labute approximate surface area is 152 Å². The lowest BCUT2D eigenvalue weighted by Crippen LogP contribution is -2.43. The van der Waals surface area contributed by atoms with Gasteiger partial charge in [-0.3, -0.25) is 4.79 Å². The van der Waals surface area contributed by atoms with Gasteiger partial charge in [0.2, 0.25) is 5.71 Å². The van der Waals surface area contributed by atoms with Gasteiger partial charge in [0.05, 0.1) is 12.6 Å². The van der Waals surface area contributed by atoms with E-state index in [1.165, 1.54) is 6.42 Å². The number of fused-ring (bicyclic) bond motifs is 2. The fourth-order valence-electron chi connectivity index (χ4n) is 3.87. The molecule has 0 spiro atoms. The van der Waals surface area contributed by atoms with Crippen LogP contribution in [-0.2, 0) is 0 Å². The summed E-state index contributed by atoms with van der Waals surface area (Å²) >= 11 is 0. The van der Waals surface area contributed by atoms with Crippen molar-refractivity contribution in [1.82, 2.24) is 10.3 Å². The van der Waals surface area contributed by atoms with Crippen molar-refractivity contribution in [2.24, 2.45) is 11.8 Å². The number of carbonyl (C=O) groups is 1. The molecule has 1 amide bonds. The normalized spacial score (nSPS) is 23.3. The maximum absolute atomic E-state index is 12.7. The molecule has 0 aliphatic heterocycles. The number of nitrogens with one attached hydrogen (secondary N) is 1. The van der Waals surface area contributed by atoms with Gasteiger partial charge in [0.15, 0.2) is 5.76 Å². The topological polar surface area (TPSA) is 64.4 Å². The van der Waals surface area contributed by atoms with Crippen LogP contribution in [0.5, 0.6) is 5.75 Å². The average molecular weight is 352 g/mol. The lowest BCUT2D eigenvalue weighted by Gasteiger charge is -2.34. The van der Waals surface area contributed by atoms with E-state index in [0.29, 0.717) is 23.3 Å². The second kappa shape index (κ2) is 6.63. The summed E-state index contributed by atoms with van der Waals surface area (Å²) in [5, 5.41) is 4.97. The Hall–Kier alpha value is -2.56. The van der Waals surface area contributed by atoms with E-state index < -0.39 is 0 Å². The summed E-state index contributed by atoms with van der Waals surface area (Å²) in [7, 11) is 1.63. The Morgan fingerprint density at radius 2 is 2.04 bits per heavy atom. The predicted octanol–water partition coefficient (Wildman–Crippen LogP) is 4.54. The number of pyridine rings is 1. The van der Waals surface area contributed by atoms with Crippen LogP contribution in [0.1, 0.15) is 43.7 Å². The first-order valence-corrected chi connectivity index (χ1v) is 9.24. The summed E-state index contributed by atoms with van der Waals surface area (Å²) in [5.74, 6) is 2.02. The number of rotatable bonds is 3. The van der Waals surface area contributed by atoms with Crippen molar-refractivity contribution >= 4 is 27.9 Å². The third-order valence-corrected chi connectivity index (χ3v) is 5.76. The molecule has 1 N–H and O–H groups in total. The molecule has 1 aliphatic rings. The highest BCUT2D eigenvalue weighted by molar-refractivity contribution is 5.98. The van der Waals surface area contributed by atoms with Gasteiger partial charge < -0.3 is 14.5 Å². The number of aromatic nitrogens is 1. The van der Waals surface area contributed by atoms with E-state index in [0.717, 1.165) is 34.9 Å². The van der Waals surface area contributed by atoms with Crippen LogP contribution in [-0.4, -0.2) is 24.0 Å². The van der Waals surface area contributed by atoms with Crippen LogP contribution in [0.4, 0.5) is 0 Å². The van der Waals surface area contributed by atoms with E-state index in [2.05, 4.69) is 24.1 Å². The van der Waals surface area contributed by atoms with Gasteiger partial charge in [-0.25, -0.2) is 4.98 Å². The van der Waals surface area contributed by atoms with Crippen molar-refractivity contribution in [3.8, 4) is 5.75 Å². The van der Waals surface area contributed by atoms with Gasteiger partial charge in [-0.1, -0.05) is 26.7 Å². The summed E-state index contributed by atoms with van der Waals surface area (Å²) in [4.78, 5) is 17.2. The van der Waals surface area contributed by atoms with Gasteiger partial charge in [-0.15, -0.1) is 0 Å². The summed E-state index contributed by atoms with van der Waals surface area (Å²) in [6, 6.07) is 9.69. The van der Waals surface area contributed by atoms with E-state index in [-0.39, 0.29) is 11.9 Å². The number of benzene rings is 1. The number of furan rings is 1. The standard InChI is InChI=1S/C21H24N2O3/c1-12-5-4-6-17(13(12)2)22-20(24)19-10-15-9-14-7-8-16(25-3)11-18(14)23-21(15)26-19/h7-13,17H,4-6H2,1-3H3,(H,22,24)/t12-,13-,17-/m1/s1. The van der Waals surface area contributed by atoms with E-state index in [4.69, 9.17) is 9.15 Å². The summed E-state index contributed by atoms with van der Waals surface area (Å²) in [6.45, 7) is 4.48. The Morgan fingerprint density at radius 3 is 2.85 bits per heavy atom. The molecule has 1 aliphatic carbocycles. The van der Waals surface area contributed by atoms with Crippen molar-refractivity contribution in [3.63, 3.8) is 0 Å². The molecule has 5 heteroatoms. The van der Waals surface area contributed by atoms with Gasteiger partial charge in [-0.2, -0.15) is 0 Å². The molecule has 0 bridgehead atoms. The molecule has 0 saturated heterocycles. The lowest BCUT2D eigenvalue weighted by atomic mass is 9.78. The molecule has 0 unspecified atom stereocenters. The molecule has 1 fully saturated rings. The van der Waals surface area contributed by atoms with Crippen molar-refractivity contribution in [2.45, 2.75) is 39.2 Å². The Kier molecular flexibility index (Phi) is 4.31. The fraction of sp³-hybridized carbons (Fsp3) is 0.429. The van der Waals surface area contributed by atoms with Gasteiger partial charge in [0.1, 0.15) is 5.75 Å². The third-order valence-electron chi connectivity index (χ3n) is 5.76. The molecule has 0 radical (unpaired) electrons. The molecule has 3 atom stereocenters. The molecule has 136 valence electrons. The predicted molar refractivity (Wildman–Crippen MR) is 102 cm³/mol. The fourth-order valence-corrected chi connectivity index (χ4v) is 3.87. The second-order valence-electron chi connectivity index (χ2n) is 7.40. The van der Waals surface area contributed by atoms with Crippen molar-refractivity contribution < 1.29 is 13.9 Å². The van der Waals surface area contributed by atoms with Crippen LogP contribution in [0.3, 0.4) is 0 Å². The van der Waals surface area contributed by atoms with Crippen molar-refractivity contribution in [3.05, 3.63) is 36.1 Å². The Bertz CT molecular complexity index is 962. The molecular formula is C21H24N2O3. The zero-order chi connectivity index (χ0) is 18.3. The first kappa shape index (κ1) is 16.9. The van der Waals surface area contributed by atoms with Crippen LogP contribution in [0.25, 0.3) is 22.0 Å². The van der Waals surface area contributed by atoms with Crippen LogP contribution in [0, 0.1) is 11.8 Å². The van der Waals surface area contributed by atoms with Gasteiger partial charge >= 0.3 is 0 Å². The van der Waals surface area contributed by atoms with Crippen LogP contribution >= 0.6 is 0 Å². The van der Waals surface area contributed by atoms with E-state index in [1.807, 2.05) is 24.3 Å². The minimum Gasteiger partial charge on any atom is -0.497 e. The Morgan fingerprint density at radius 1 is 1.19 bits per heavy atom. The first-order chi connectivity index (χ1) is 12.5. The first-order valence-electron chi connectivity index (χ1n) is 9.24. The minimum absolute atomic E-state index is 0.157. The highest BCUT2D eigenvalue weighted by atomic mass is 16.5. The number of nitrogens with zero attached hydrogens (tertiary/aromatic N) is 1. The summed E-state index contributed by atoms with van der Waals surface area (Å²) < 4.78 is 11.0. The maximum atomic E-state index is 12.7. The number of hydrogen-bond acceptors (Lipinski definition) is 4. The third kappa shape index (κ3) is 3.02. The zero-order valence-electron chi connectivity index (χ0n) is 15.4. The number of ether oxygens (including phenoxy) is 1. The highest BCUT2D eigenvalue weighted by Crippen LogP contribution is 2.30. The summed E-state index contributed by atoms with van der Waals surface area (Å²) in [5.41, 5.74) is 1.26. The zero-order valence-corrected chi connectivity index (χ0v) is 15.4. The molecule has 4 rings (SSSR count). The lowest BCUT2D eigenvalue weighted by molar-refractivity contribution is 0.0865. The quantitative estimate of drug-likeness (QED) is 0.751. The number of amides is 1. The minimum atomic E-state index is -0.157. The molecular weight excluding hydrogens is 328 g/mol. The smallest absolute Gasteiger partial charge is 0.287 e. The van der Waals surface area contributed by atoms with Gasteiger partial charge in [0, 0.05) is 22.9 Å². The molecule has 1 aromatic carbocycles. The summed E-state index contributed by atoms with van der Waals surface area (Å²) in [6.07, 6.45) is 3.42. The number of carbonyl (C=O) groups excluding carboxylic acids is 1. The van der Waals surface area contributed by atoms with Crippen molar-refractivity contribution in [1.29, 1.82) is 0 Å². The van der Waals surface area contributed by atoms with E-state index in [1.54, 1.807) is 13.2 Å². The SMILES string of the molecule is COc1ccc2cc3cc(C(=O)N[C@@H]4CCC[C@@H](C)[C@H]4C)oc3nc2c1. The Balaban J connectivity index is 1.62. The molecule has 5 nitrogen and oxygen atoms in total.